The van der Waals surface area contributed by atoms with Crippen LogP contribution in [0.25, 0.3) is 0 Å². The van der Waals surface area contributed by atoms with Gasteiger partial charge in [-0.1, -0.05) is 12.2 Å². The number of hydrogen-bond donors (Lipinski definition) is 1. The molecule has 2 N–H and O–H groups in total. The molecule has 0 atom stereocenters. The van der Waals surface area contributed by atoms with Crippen LogP contribution in [0.3, 0.4) is 0 Å². The number of anilines is 2. The second-order valence-electron chi connectivity index (χ2n) is 2.76. The number of aromatic nitrogens is 2. The molecule has 1 aromatic heterocycles. The molecule has 0 amide bonds. The van der Waals surface area contributed by atoms with Crippen molar-refractivity contribution >= 4 is 11.8 Å². The van der Waals surface area contributed by atoms with Crippen LogP contribution in [0.15, 0.2) is 37.6 Å². The lowest BCUT2D eigenvalue weighted by molar-refractivity contribution is 0.892. The average Bonchev–Trinajstić information content (AvgIpc) is 2.17. The fraction of sp³-hybridized carbons (Fsp3) is 0.200. The van der Waals surface area contributed by atoms with Crippen molar-refractivity contribution in [1.29, 1.82) is 0 Å². The van der Waals surface area contributed by atoms with Crippen LogP contribution in [0.4, 0.5) is 11.8 Å². The maximum atomic E-state index is 5.56. The fourth-order valence-electron chi connectivity index (χ4n) is 1.06. The minimum atomic E-state index is 0.466. The van der Waals surface area contributed by atoms with Crippen molar-refractivity contribution in [2.45, 2.75) is 0 Å². The lowest BCUT2D eigenvalue weighted by Crippen LogP contribution is -2.25. The van der Waals surface area contributed by atoms with Crippen LogP contribution >= 0.6 is 0 Å². The van der Waals surface area contributed by atoms with E-state index in [9.17, 15) is 0 Å². The summed E-state index contributed by atoms with van der Waals surface area (Å²) in [5.74, 6) is 1.07. The molecule has 0 bridgehead atoms. The number of nitrogens with zero attached hydrogens (tertiary/aromatic N) is 3. The van der Waals surface area contributed by atoms with Gasteiger partial charge in [0.1, 0.15) is 5.82 Å². The molecule has 0 aliphatic rings. The van der Waals surface area contributed by atoms with E-state index in [4.69, 9.17) is 5.73 Å². The molecule has 74 valence electrons. The first-order valence-electron chi connectivity index (χ1n) is 4.33. The van der Waals surface area contributed by atoms with Gasteiger partial charge in [-0.3, -0.25) is 0 Å². The van der Waals surface area contributed by atoms with Gasteiger partial charge >= 0.3 is 0 Å². The second-order valence-corrected chi connectivity index (χ2v) is 2.76. The highest BCUT2D eigenvalue weighted by Crippen LogP contribution is 2.07. The standard InChI is InChI=1S/C10H14N4/c1-3-7-14(8-4-2)10-12-6-5-9(11)13-10/h3-6H,1-2,7-8H2,(H2,11,12,13). The summed E-state index contributed by atoms with van der Waals surface area (Å²) in [6.07, 6.45) is 5.21. The van der Waals surface area contributed by atoms with E-state index in [1.165, 1.54) is 0 Å². The molecule has 1 aromatic rings. The molecule has 0 aromatic carbocycles. The van der Waals surface area contributed by atoms with Gasteiger partial charge in [0.25, 0.3) is 0 Å². The second kappa shape index (κ2) is 5.01. The Morgan fingerprint density at radius 1 is 1.36 bits per heavy atom. The van der Waals surface area contributed by atoms with E-state index in [-0.39, 0.29) is 0 Å². The minimum Gasteiger partial charge on any atom is -0.384 e. The van der Waals surface area contributed by atoms with Crippen LogP contribution in [0, 0.1) is 0 Å². The van der Waals surface area contributed by atoms with Crippen molar-refractivity contribution in [2.24, 2.45) is 0 Å². The van der Waals surface area contributed by atoms with E-state index in [0.717, 1.165) is 0 Å². The zero-order chi connectivity index (χ0) is 10.4. The first kappa shape index (κ1) is 10.2. The zero-order valence-electron chi connectivity index (χ0n) is 8.06. The molecule has 0 saturated heterocycles. The van der Waals surface area contributed by atoms with Crippen molar-refractivity contribution in [3.05, 3.63) is 37.6 Å². The Labute approximate surface area is 83.8 Å². The number of hydrogen-bond acceptors (Lipinski definition) is 4. The Hall–Kier alpha value is -1.84. The predicted octanol–water partition coefficient (Wildman–Crippen LogP) is 1.24. The van der Waals surface area contributed by atoms with Gasteiger partial charge in [-0.15, -0.1) is 13.2 Å². The fourth-order valence-corrected chi connectivity index (χ4v) is 1.06. The summed E-state index contributed by atoms with van der Waals surface area (Å²) in [6.45, 7) is 8.69. The lowest BCUT2D eigenvalue weighted by atomic mass is 10.4. The number of nitrogens with two attached hydrogens (primary N) is 1. The summed E-state index contributed by atoms with van der Waals surface area (Å²) in [7, 11) is 0. The molecule has 0 unspecified atom stereocenters. The molecule has 4 nitrogen and oxygen atoms in total. The van der Waals surface area contributed by atoms with E-state index in [1.807, 2.05) is 4.90 Å². The van der Waals surface area contributed by atoms with E-state index in [2.05, 4.69) is 23.1 Å². The Morgan fingerprint density at radius 2 is 2.00 bits per heavy atom. The van der Waals surface area contributed by atoms with Gasteiger partial charge in [0.15, 0.2) is 0 Å². The van der Waals surface area contributed by atoms with Gasteiger partial charge in [-0.05, 0) is 6.07 Å². The van der Waals surface area contributed by atoms with E-state index < -0.39 is 0 Å². The van der Waals surface area contributed by atoms with Gasteiger partial charge in [-0.2, -0.15) is 4.98 Å². The maximum absolute atomic E-state index is 5.56. The average molecular weight is 190 g/mol. The molecule has 0 spiro atoms. The molecule has 0 aliphatic carbocycles. The van der Waals surface area contributed by atoms with Gasteiger partial charge in [0, 0.05) is 19.3 Å². The molecule has 0 aliphatic heterocycles. The van der Waals surface area contributed by atoms with Gasteiger partial charge in [0.2, 0.25) is 5.95 Å². The lowest BCUT2D eigenvalue weighted by Gasteiger charge is -2.18. The van der Waals surface area contributed by atoms with Crippen molar-refractivity contribution < 1.29 is 0 Å². The van der Waals surface area contributed by atoms with Crippen LogP contribution < -0.4 is 10.6 Å². The highest BCUT2D eigenvalue weighted by molar-refractivity contribution is 5.38. The van der Waals surface area contributed by atoms with Crippen molar-refractivity contribution in [3.63, 3.8) is 0 Å². The van der Waals surface area contributed by atoms with Gasteiger partial charge < -0.3 is 10.6 Å². The topological polar surface area (TPSA) is 55.0 Å². The molecule has 4 heteroatoms. The first-order chi connectivity index (χ1) is 6.77. The van der Waals surface area contributed by atoms with Gasteiger partial charge in [-0.25, -0.2) is 4.98 Å². The summed E-state index contributed by atoms with van der Waals surface area (Å²) in [5, 5.41) is 0. The molecular weight excluding hydrogens is 176 g/mol. The van der Waals surface area contributed by atoms with E-state index in [0.29, 0.717) is 24.9 Å². The Kier molecular flexibility index (Phi) is 3.67. The molecule has 1 rings (SSSR count). The molecule has 0 radical (unpaired) electrons. The van der Waals surface area contributed by atoms with E-state index >= 15 is 0 Å². The molecule has 0 saturated carbocycles. The van der Waals surface area contributed by atoms with Crippen LogP contribution in [-0.4, -0.2) is 23.1 Å². The molecule has 1 heterocycles. The van der Waals surface area contributed by atoms with Gasteiger partial charge in [0.05, 0.1) is 0 Å². The third-order valence-electron chi connectivity index (χ3n) is 1.65. The van der Waals surface area contributed by atoms with Crippen LogP contribution in [-0.2, 0) is 0 Å². The first-order valence-corrected chi connectivity index (χ1v) is 4.33. The molecule has 0 fully saturated rings. The Balaban J connectivity index is 2.85. The zero-order valence-corrected chi connectivity index (χ0v) is 8.06. The van der Waals surface area contributed by atoms with E-state index in [1.54, 1.807) is 24.4 Å². The quantitative estimate of drug-likeness (QED) is 0.710. The Bertz CT molecular complexity index is 312. The predicted molar refractivity (Wildman–Crippen MR) is 59.1 cm³/mol. The molecular formula is C10H14N4. The van der Waals surface area contributed by atoms with Crippen LogP contribution in [0.1, 0.15) is 0 Å². The largest absolute Gasteiger partial charge is 0.384 e. The summed E-state index contributed by atoms with van der Waals surface area (Å²) in [5.41, 5.74) is 5.56. The summed E-state index contributed by atoms with van der Waals surface area (Å²) >= 11 is 0. The smallest absolute Gasteiger partial charge is 0.227 e. The third-order valence-corrected chi connectivity index (χ3v) is 1.65. The minimum absolute atomic E-state index is 0.466. The number of rotatable bonds is 5. The van der Waals surface area contributed by atoms with Crippen LogP contribution in [0.2, 0.25) is 0 Å². The van der Waals surface area contributed by atoms with Crippen molar-refractivity contribution in [2.75, 3.05) is 23.7 Å². The monoisotopic (exact) mass is 190 g/mol. The number of nitrogen functional groups attached to an aromatic ring is 1. The SMILES string of the molecule is C=CCN(CC=C)c1nccc(N)n1. The summed E-state index contributed by atoms with van der Waals surface area (Å²) in [4.78, 5) is 10.2. The third kappa shape index (κ3) is 2.58. The molecule has 14 heavy (non-hydrogen) atoms. The maximum Gasteiger partial charge on any atom is 0.227 e. The summed E-state index contributed by atoms with van der Waals surface area (Å²) < 4.78 is 0. The highest BCUT2D eigenvalue weighted by atomic mass is 15.2. The summed E-state index contributed by atoms with van der Waals surface area (Å²) in [6, 6.07) is 1.66. The highest BCUT2D eigenvalue weighted by Gasteiger charge is 2.05. The normalized spacial score (nSPS) is 9.43. The van der Waals surface area contributed by atoms with Crippen LogP contribution in [0.5, 0.6) is 0 Å². The van der Waals surface area contributed by atoms with Crippen molar-refractivity contribution in [3.8, 4) is 0 Å². The Morgan fingerprint density at radius 3 is 2.50 bits per heavy atom. The van der Waals surface area contributed by atoms with Crippen molar-refractivity contribution in [1.82, 2.24) is 9.97 Å².